The SMILES string of the molecule is CCCCCCCCCCCCCCCCCCCCCCCCCCCCCCCCCCCC(=O)OCC(COC(=O)CCCCCCC)OC(=O)CCCCCCCC. The first-order valence-corrected chi connectivity index (χ1v) is 28.0. The summed E-state index contributed by atoms with van der Waals surface area (Å²) in [6.07, 6.45) is 57.8. The molecule has 1 atom stereocenters. The van der Waals surface area contributed by atoms with E-state index in [9.17, 15) is 14.4 Å². The predicted molar refractivity (Wildman–Crippen MR) is 266 cm³/mol. The summed E-state index contributed by atoms with van der Waals surface area (Å²) >= 11 is 0. The molecule has 0 saturated heterocycles. The fourth-order valence-corrected chi connectivity index (χ4v) is 8.62. The molecular formula is C56H108O6. The number of carbonyl (C=O) groups is 3. The van der Waals surface area contributed by atoms with Crippen LogP contribution in [0.5, 0.6) is 0 Å². The Balaban J connectivity index is 3.67. The summed E-state index contributed by atoms with van der Waals surface area (Å²) < 4.78 is 16.5. The molecule has 0 aromatic rings. The molecular weight excluding hydrogens is 769 g/mol. The number of carbonyl (C=O) groups excluding carboxylic acids is 3. The summed E-state index contributed by atoms with van der Waals surface area (Å²) in [5.41, 5.74) is 0. The summed E-state index contributed by atoms with van der Waals surface area (Å²) in [4.78, 5) is 37.3. The van der Waals surface area contributed by atoms with Crippen molar-refractivity contribution in [1.82, 2.24) is 0 Å². The van der Waals surface area contributed by atoms with Crippen LogP contribution in [0.4, 0.5) is 0 Å². The minimum atomic E-state index is -0.756. The van der Waals surface area contributed by atoms with Gasteiger partial charge in [-0.2, -0.15) is 0 Å². The summed E-state index contributed by atoms with van der Waals surface area (Å²) in [5, 5.41) is 0. The highest BCUT2D eigenvalue weighted by molar-refractivity contribution is 5.71. The van der Waals surface area contributed by atoms with Gasteiger partial charge in [-0.3, -0.25) is 14.4 Å². The number of unbranched alkanes of at least 4 members (excludes halogenated alkanes) is 41. The molecule has 368 valence electrons. The van der Waals surface area contributed by atoms with Crippen molar-refractivity contribution in [2.45, 2.75) is 329 Å². The van der Waals surface area contributed by atoms with Gasteiger partial charge >= 0.3 is 17.9 Å². The van der Waals surface area contributed by atoms with Crippen molar-refractivity contribution >= 4 is 17.9 Å². The third-order valence-corrected chi connectivity index (χ3v) is 12.9. The van der Waals surface area contributed by atoms with Gasteiger partial charge in [-0.05, 0) is 19.3 Å². The van der Waals surface area contributed by atoms with E-state index in [1.165, 1.54) is 218 Å². The molecule has 0 N–H and O–H groups in total. The standard InChI is InChI=1S/C56H108O6/c1-4-7-10-13-15-16-17-18-19-20-21-22-23-24-25-26-27-28-29-30-31-32-33-34-35-36-37-38-39-40-41-44-46-49-55(58)61-52-53(51-60-54(57)48-45-42-12-9-6-3)62-56(59)50-47-43-14-11-8-5-2/h53H,4-52H2,1-3H3. The second kappa shape index (κ2) is 52.0. The number of hydrogen-bond acceptors (Lipinski definition) is 6. The second-order valence-corrected chi connectivity index (χ2v) is 19.2. The first-order valence-electron chi connectivity index (χ1n) is 28.0. The normalized spacial score (nSPS) is 11.9. The molecule has 0 aliphatic rings. The monoisotopic (exact) mass is 877 g/mol. The van der Waals surface area contributed by atoms with Crippen LogP contribution in [0.1, 0.15) is 323 Å². The molecule has 1 unspecified atom stereocenters. The Labute approximate surface area is 387 Å². The van der Waals surface area contributed by atoms with Crippen molar-refractivity contribution in [3.8, 4) is 0 Å². The topological polar surface area (TPSA) is 78.9 Å². The molecule has 6 heteroatoms. The Bertz CT molecular complexity index is 920. The molecule has 0 saturated carbocycles. The van der Waals surface area contributed by atoms with Crippen LogP contribution in [0.3, 0.4) is 0 Å². The van der Waals surface area contributed by atoms with Gasteiger partial charge in [-0.25, -0.2) is 0 Å². The highest BCUT2D eigenvalue weighted by Crippen LogP contribution is 2.18. The van der Waals surface area contributed by atoms with Gasteiger partial charge in [0, 0.05) is 19.3 Å². The summed E-state index contributed by atoms with van der Waals surface area (Å²) in [6.45, 7) is 6.53. The van der Waals surface area contributed by atoms with E-state index in [0.29, 0.717) is 19.3 Å². The molecule has 0 bridgehead atoms. The van der Waals surface area contributed by atoms with Gasteiger partial charge in [0.25, 0.3) is 0 Å². The molecule has 0 fully saturated rings. The van der Waals surface area contributed by atoms with E-state index in [1.54, 1.807) is 0 Å². The smallest absolute Gasteiger partial charge is 0.306 e. The van der Waals surface area contributed by atoms with Crippen molar-refractivity contribution in [2.75, 3.05) is 13.2 Å². The van der Waals surface area contributed by atoms with E-state index >= 15 is 0 Å². The average molecular weight is 877 g/mol. The van der Waals surface area contributed by atoms with Crippen molar-refractivity contribution < 1.29 is 28.6 Å². The molecule has 0 heterocycles. The molecule has 0 amide bonds. The highest BCUT2D eigenvalue weighted by atomic mass is 16.6. The lowest BCUT2D eigenvalue weighted by molar-refractivity contribution is -0.167. The number of rotatable bonds is 52. The van der Waals surface area contributed by atoms with E-state index in [4.69, 9.17) is 14.2 Å². The van der Waals surface area contributed by atoms with Crippen LogP contribution in [-0.4, -0.2) is 37.2 Å². The largest absolute Gasteiger partial charge is 0.462 e. The van der Waals surface area contributed by atoms with E-state index in [-0.39, 0.29) is 31.1 Å². The Morgan fingerprint density at radius 3 is 0.645 bits per heavy atom. The van der Waals surface area contributed by atoms with E-state index in [1.807, 2.05) is 0 Å². The van der Waals surface area contributed by atoms with Crippen molar-refractivity contribution in [2.24, 2.45) is 0 Å². The second-order valence-electron chi connectivity index (χ2n) is 19.2. The van der Waals surface area contributed by atoms with Crippen LogP contribution >= 0.6 is 0 Å². The molecule has 0 aliphatic heterocycles. The Hall–Kier alpha value is -1.59. The quantitative estimate of drug-likeness (QED) is 0.0344. The first-order chi connectivity index (χ1) is 30.5. The fraction of sp³-hybridized carbons (Fsp3) is 0.946. The zero-order chi connectivity index (χ0) is 45.1. The summed E-state index contributed by atoms with van der Waals surface area (Å²) in [6, 6.07) is 0. The maximum absolute atomic E-state index is 12.5. The van der Waals surface area contributed by atoms with E-state index in [2.05, 4.69) is 20.8 Å². The molecule has 0 aromatic carbocycles. The minimum Gasteiger partial charge on any atom is -0.462 e. The van der Waals surface area contributed by atoms with E-state index in [0.717, 1.165) is 64.2 Å². The predicted octanol–water partition coefficient (Wildman–Crippen LogP) is 18.4. The lowest BCUT2D eigenvalue weighted by atomic mass is 10.0. The Morgan fingerprint density at radius 1 is 0.258 bits per heavy atom. The van der Waals surface area contributed by atoms with Gasteiger partial charge in [0.2, 0.25) is 0 Å². The zero-order valence-electron chi connectivity index (χ0n) is 42.2. The molecule has 6 nitrogen and oxygen atoms in total. The number of ether oxygens (including phenoxy) is 3. The lowest BCUT2D eigenvalue weighted by Gasteiger charge is -2.18. The maximum Gasteiger partial charge on any atom is 0.306 e. The van der Waals surface area contributed by atoms with Gasteiger partial charge < -0.3 is 14.2 Å². The molecule has 0 aromatic heterocycles. The molecule has 0 aliphatic carbocycles. The van der Waals surface area contributed by atoms with Crippen LogP contribution in [0.15, 0.2) is 0 Å². The van der Waals surface area contributed by atoms with Gasteiger partial charge in [-0.15, -0.1) is 0 Å². The number of hydrogen-bond donors (Lipinski definition) is 0. The molecule has 0 spiro atoms. The number of esters is 3. The van der Waals surface area contributed by atoms with Gasteiger partial charge in [0.05, 0.1) is 0 Å². The zero-order valence-corrected chi connectivity index (χ0v) is 42.2. The molecule has 0 radical (unpaired) electrons. The Kier molecular flexibility index (Phi) is 50.7. The van der Waals surface area contributed by atoms with Crippen LogP contribution in [0.25, 0.3) is 0 Å². The van der Waals surface area contributed by atoms with Gasteiger partial charge in [0.15, 0.2) is 6.10 Å². The molecule has 62 heavy (non-hydrogen) atoms. The summed E-state index contributed by atoms with van der Waals surface area (Å²) in [7, 11) is 0. The lowest BCUT2D eigenvalue weighted by Crippen LogP contribution is -2.30. The van der Waals surface area contributed by atoms with Crippen LogP contribution < -0.4 is 0 Å². The maximum atomic E-state index is 12.5. The van der Waals surface area contributed by atoms with Crippen molar-refractivity contribution in [3.63, 3.8) is 0 Å². The van der Waals surface area contributed by atoms with Crippen molar-refractivity contribution in [3.05, 3.63) is 0 Å². The Morgan fingerprint density at radius 2 is 0.435 bits per heavy atom. The third-order valence-electron chi connectivity index (χ3n) is 12.9. The van der Waals surface area contributed by atoms with Crippen LogP contribution in [0, 0.1) is 0 Å². The molecule has 0 rings (SSSR count). The highest BCUT2D eigenvalue weighted by Gasteiger charge is 2.19. The van der Waals surface area contributed by atoms with Gasteiger partial charge in [-0.1, -0.05) is 284 Å². The average Bonchev–Trinajstić information content (AvgIpc) is 3.27. The minimum absolute atomic E-state index is 0.0650. The first kappa shape index (κ1) is 60.4. The van der Waals surface area contributed by atoms with E-state index < -0.39 is 6.10 Å². The van der Waals surface area contributed by atoms with Crippen LogP contribution in [-0.2, 0) is 28.6 Å². The third kappa shape index (κ3) is 49.4. The summed E-state index contributed by atoms with van der Waals surface area (Å²) in [5.74, 6) is -0.875. The van der Waals surface area contributed by atoms with Crippen LogP contribution in [0.2, 0.25) is 0 Å². The van der Waals surface area contributed by atoms with Crippen molar-refractivity contribution in [1.29, 1.82) is 0 Å². The fourth-order valence-electron chi connectivity index (χ4n) is 8.62. The van der Waals surface area contributed by atoms with Gasteiger partial charge in [0.1, 0.15) is 13.2 Å².